The van der Waals surface area contributed by atoms with Crippen molar-refractivity contribution >= 4 is 5.91 Å². The molecule has 2 heterocycles. The summed E-state index contributed by atoms with van der Waals surface area (Å²) in [6.07, 6.45) is 7.02. The Hall–Kier alpha value is -1.33. The van der Waals surface area contributed by atoms with Gasteiger partial charge in [0.15, 0.2) is 0 Å². The maximum Gasteiger partial charge on any atom is 0.255 e. The van der Waals surface area contributed by atoms with E-state index < -0.39 is 0 Å². The van der Waals surface area contributed by atoms with E-state index >= 15 is 0 Å². The number of carbonyl (C=O) groups is 1. The predicted octanol–water partition coefficient (Wildman–Crippen LogP) is 3.65. The van der Waals surface area contributed by atoms with Crippen molar-refractivity contribution in [3.05, 3.63) is 23.2 Å². The molecule has 1 atom stereocenters. The third kappa shape index (κ3) is 4.26. The number of furan rings is 1. The Balaban J connectivity index is 1.59. The number of aryl methyl sites for hydroxylation is 1. The van der Waals surface area contributed by atoms with E-state index in [0.29, 0.717) is 17.9 Å². The Morgan fingerprint density at radius 1 is 1.28 bits per heavy atom. The van der Waals surface area contributed by atoms with Crippen LogP contribution in [-0.4, -0.2) is 42.1 Å². The number of hydrogen-bond donors (Lipinski definition) is 1. The monoisotopic (exact) mass is 348 g/mol. The molecule has 1 aromatic rings. The summed E-state index contributed by atoms with van der Waals surface area (Å²) in [5.41, 5.74) is 0.682. The summed E-state index contributed by atoms with van der Waals surface area (Å²) in [5.74, 6) is 1.53. The molecule has 1 saturated carbocycles. The first kappa shape index (κ1) is 18.5. The minimum absolute atomic E-state index is 0.0234. The number of rotatable bonds is 6. The topological polar surface area (TPSA) is 54.7 Å². The molecule has 1 saturated heterocycles. The second-order valence-electron chi connectivity index (χ2n) is 7.57. The summed E-state index contributed by atoms with van der Waals surface area (Å²) in [5, 5.41) is 3.16. The van der Waals surface area contributed by atoms with Gasteiger partial charge in [0.1, 0.15) is 11.5 Å². The molecule has 5 heteroatoms. The van der Waals surface area contributed by atoms with Gasteiger partial charge in [-0.05, 0) is 45.3 Å². The van der Waals surface area contributed by atoms with Crippen LogP contribution in [0.3, 0.4) is 0 Å². The molecule has 1 aliphatic carbocycles. The standard InChI is InChI=1S/C20H32N2O3/c1-4-22(5-2)13-17-11-18(15(3)25-17)19(23)21-16-12-20(24-14-16)9-7-6-8-10-20/h11,16H,4-10,12-14H2,1-3H3,(H,21,23). The van der Waals surface area contributed by atoms with Crippen LogP contribution < -0.4 is 5.32 Å². The summed E-state index contributed by atoms with van der Waals surface area (Å²) in [4.78, 5) is 15.0. The van der Waals surface area contributed by atoms with Gasteiger partial charge in [-0.2, -0.15) is 0 Å². The van der Waals surface area contributed by atoms with E-state index in [-0.39, 0.29) is 17.6 Å². The van der Waals surface area contributed by atoms with Crippen molar-refractivity contribution in [2.24, 2.45) is 0 Å². The van der Waals surface area contributed by atoms with E-state index in [1.54, 1.807) is 0 Å². The van der Waals surface area contributed by atoms with E-state index in [0.717, 1.165) is 44.7 Å². The second kappa shape index (κ2) is 7.92. The highest BCUT2D eigenvalue weighted by atomic mass is 16.5. The molecule has 140 valence electrons. The van der Waals surface area contributed by atoms with Crippen molar-refractivity contribution < 1.29 is 13.9 Å². The van der Waals surface area contributed by atoms with Crippen molar-refractivity contribution in [1.82, 2.24) is 10.2 Å². The van der Waals surface area contributed by atoms with Crippen molar-refractivity contribution in [3.8, 4) is 0 Å². The van der Waals surface area contributed by atoms with Crippen LogP contribution in [0.1, 0.15) is 74.3 Å². The zero-order chi connectivity index (χ0) is 17.9. The number of hydrogen-bond acceptors (Lipinski definition) is 4. The summed E-state index contributed by atoms with van der Waals surface area (Å²) in [7, 11) is 0. The Kier molecular flexibility index (Phi) is 5.85. The molecule has 1 spiro atoms. The molecule has 1 aliphatic heterocycles. The lowest BCUT2D eigenvalue weighted by molar-refractivity contribution is -0.0246. The Morgan fingerprint density at radius 3 is 2.68 bits per heavy atom. The quantitative estimate of drug-likeness (QED) is 0.852. The molecule has 5 nitrogen and oxygen atoms in total. The van der Waals surface area contributed by atoms with Crippen LogP contribution in [0, 0.1) is 6.92 Å². The minimum Gasteiger partial charge on any atom is -0.464 e. The van der Waals surface area contributed by atoms with Crippen LogP contribution >= 0.6 is 0 Å². The molecule has 1 aromatic heterocycles. The first-order chi connectivity index (χ1) is 12.0. The largest absolute Gasteiger partial charge is 0.464 e. The number of amides is 1. The number of ether oxygens (including phenoxy) is 1. The van der Waals surface area contributed by atoms with Crippen LogP contribution in [0.5, 0.6) is 0 Å². The SMILES string of the molecule is CCN(CC)Cc1cc(C(=O)NC2COC3(CCCCC3)C2)c(C)o1. The first-order valence-electron chi connectivity index (χ1n) is 9.81. The van der Waals surface area contributed by atoms with Gasteiger partial charge in [0.25, 0.3) is 5.91 Å². The summed E-state index contributed by atoms with van der Waals surface area (Å²) >= 11 is 0. The van der Waals surface area contributed by atoms with Crippen LogP contribution in [0.25, 0.3) is 0 Å². The van der Waals surface area contributed by atoms with Gasteiger partial charge >= 0.3 is 0 Å². The van der Waals surface area contributed by atoms with Gasteiger partial charge in [0.2, 0.25) is 0 Å². The summed E-state index contributed by atoms with van der Waals surface area (Å²) in [6, 6.07) is 2.01. The fourth-order valence-corrected chi connectivity index (χ4v) is 4.26. The van der Waals surface area contributed by atoms with Gasteiger partial charge in [0, 0.05) is 0 Å². The predicted molar refractivity (Wildman–Crippen MR) is 97.7 cm³/mol. The van der Waals surface area contributed by atoms with E-state index in [2.05, 4.69) is 24.1 Å². The molecule has 0 aromatic carbocycles. The fourth-order valence-electron chi connectivity index (χ4n) is 4.26. The van der Waals surface area contributed by atoms with Gasteiger partial charge in [-0.15, -0.1) is 0 Å². The molecule has 1 unspecified atom stereocenters. The van der Waals surface area contributed by atoms with Crippen LogP contribution in [0.15, 0.2) is 10.5 Å². The lowest BCUT2D eigenvalue weighted by Gasteiger charge is -2.32. The van der Waals surface area contributed by atoms with Gasteiger partial charge in [-0.1, -0.05) is 33.1 Å². The average Bonchev–Trinajstić information content (AvgIpc) is 3.17. The third-order valence-electron chi connectivity index (χ3n) is 5.80. The number of carbonyl (C=O) groups excluding carboxylic acids is 1. The van der Waals surface area contributed by atoms with Gasteiger partial charge in [0.05, 0.1) is 30.4 Å². The minimum atomic E-state index is -0.0338. The Labute approximate surface area is 151 Å². The van der Waals surface area contributed by atoms with Crippen molar-refractivity contribution in [2.75, 3.05) is 19.7 Å². The molecular weight excluding hydrogens is 316 g/mol. The third-order valence-corrected chi connectivity index (χ3v) is 5.80. The zero-order valence-corrected chi connectivity index (χ0v) is 15.9. The Morgan fingerprint density at radius 2 is 2.00 bits per heavy atom. The van der Waals surface area contributed by atoms with E-state index in [1.165, 1.54) is 19.3 Å². The highest BCUT2D eigenvalue weighted by Gasteiger charge is 2.41. The number of nitrogens with zero attached hydrogens (tertiary/aromatic N) is 1. The fraction of sp³-hybridized carbons (Fsp3) is 0.750. The first-order valence-corrected chi connectivity index (χ1v) is 9.81. The molecule has 2 aliphatic rings. The molecule has 1 amide bonds. The molecule has 3 rings (SSSR count). The van der Waals surface area contributed by atoms with Crippen molar-refractivity contribution in [1.29, 1.82) is 0 Å². The molecule has 2 fully saturated rings. The average molecular weight is 348 g/mol. The maximum absolute atomic E-state index is 12.7. The highest BCUT2D eigenvalue weighted by Crippen LogP contribution is 2.39. The van der Waals surface area contributed by atoms with Gasteiger partial charge in [-0.3, -0.25) is 9.69 Å². The van der Waals surface area contributed by atoms with Crippen LogP contribution in [0.4, 0.5) is 0 Å². The van der Waals surface area contributed by atoms with Crippen LogP contribution in [-0.2, 0) is 11.3 Å². The molecule has 25 heavy (non-hydrogen) atoms. The van der Waals surface area contributed by atoms with Crippen LogP contribution in [0.2, 0.25) is 0 Å². The number of nitrogens with one attached hydrogen (secondary N) is 1. The van der Waals surface area contributed by atoms with Crippen molar-refractivity contribution in [3.63, 3.8) is 0 Å². The molecule has 0 bridgehead atoms. The maximum atomic E-state index is 12.7. The normalized spacial score (nSPS) is 22.6. The van der Waals surface area contributed by atoms with E-state index in [9.17, 15) is 4.79 Å². The molecular formula is C20H32N2O3. The lowest BCUT2D eigenvalue weighted by atomic mass is 9.82. The van der Waals surface area contributed by atoms with E-state index in [4.69, 9.17) is 9.15 Å². The lowest BCUT2D eigenvalue weighted by Crippen LogP contribution is -2.37. The van der Waals surface area contributed by atoms with E-state index in [1.807, 2.05) is 13.0 Å². The molecule has 0 radical (unpaired) electrons. The van der Waals surface area contributed by atoms with Crippen molar-refractivity contribution in [2.45, 2.75) is 77.5 Å². The highest BCUT2D eigenvalue weighted by molar-refractivity contribution is 5.95. The van der Waals surface area contributed by atoms with Gasteiger partial charge < -0.3 is 14.5 Å². The summed E-state index contributed by atoms with van der Waals surface area (Å²) in [6.45, 7) is 9.46. The Bertz CT molecular complexity index is 586. The summed E-state index contributed by atoms with van der Waals surface area (Å²) < 4.78 is 11.9. The van der Waals surface area contributed by atoms with Gasteiger partial charge in [-0.25, -0.2) is 0 Å². The zero-order valence-electron chi connectivity index (χ0n) is 15.9. The second-order valence-corrected chi connectivity index (χ2v) is 7.57. The molecule has 1 N–H and O–H groups in total. The smallest absolute Gasteiger partial charge is 0.255 e.